The number of hydrogen-bond acceptors (Lipinski definition) is 0. The van der Waals surface area contributed by atoms with Gasteiger partial charge in [-0.05, 0) is 0 Å². The van der Waals surface area contributed by atoms with Crippen molar-refractivity contribution < 1.29 is 32.7 Å². The molecule has 0 aromatic carbocycles. The largest absolute Gasteiger partial charge is 0.340 e. The molecule has 0 amide bonds. The second kappa shape index (κ2) is 5.17. The molecule has 0 aliphatic heterocycles. The Balaban J connectivity index is 0.00000196. The van der Waals surface area contributed by atoms with E-state index in [0.29, 0.717) is 16.7 Å². The van der Waals surface area contributed by atoms with Crippen molar-refractivity contribution in [3.05, 3.63) is 13.3 Å². The molecule has 1 heteroatoms. The van der Waals surface area contributed by atoms with Crippen LogP contribution in [0.2, 0.25) is 0 Å². The molecule has 1 rings (SSSR count). The molecule has 3 atom stereocenters. The van der Waals surface area contributed by atoms with Gasteiger partial charge in [0.1, 0.15) is 0 Å². The first-order valence-electron chi connectivity index (χ1n) is 5.80. The molecule has 1 aliphatic carbocycles. The molecule has 0 saturated heterocycles. The maximum absolute atomic E-state index is 4.33. The van der Waals surface area contributed by atoms with Gasteiger partial charge in [-0.25, -0.2) is 0 Å². The van der Waals surface area contributed by atoms with Crippen molar-refractivity contribution in [3.8, 4) is 0 Å². The minimum Gasteiger partial charge on any atom is -0.340 e. The maximum Gasteiger partial charge on any atom is 0 e. The minimum atomic E-state index is 0. The van der Waals surface area contributed by atoms with Gasteiger partial charge < -0.3 is 13.3 Å². The molecule has 1 radical (unpaired) electrons. The molecular formula is C14H26Y-2. The molecule has 15 heavy (non-hydrogen) atoms. The zero-order valence-corrected chi connectivity index (χ0v) is 14.1. The third kappa shape index (κ3) is 5.31. The number of hydrogen-bond donors (Lipinski definition) is 0. The summed E-state index contributed by atoms with van der Waals surface area (Å²) in [5.41, 5.74) is 0.738. The third-order valence-electron chi connectivity index (χ3n) is 3.23. The molecule has 0 bridgehead atoms. The molecule has 1 fully saturated rings. The Labute approximate surface area is 122 Å². The average Bonchev–Trinajstić information content (AvgIpc) is 2.60. The third-order valence-corrected chi connectivity index (χ3v) is 3.23. The zero-order chi connectivity index (χ0) is 11.1. The Morgan fingerprint density at radius 2 is 1.60 bits per heavy atom. The van der Waals surface area contributed by atoms with Crippen LogP contribution in [0.4, 0.5) is 0 Å². The van der Waals surface area contributed by atoms with Gasteiger partial charge in [-0.1, -0.05) is 59.3 Å². The van der Waals surface area contributed by atoms with Crippen molar-refractivity contribution >= 4 is 0 Å². The van der Waals surface area contributed by atoms with E-state index in [0.717, 1.165) is 11.8 Å². The van der Waals surface area contributed by atoms with Crippen LogP contribution in [0.15, 0.2) is 0 Å². The summed E-state index contributed by atoms with van der Waals surface area (Å²) in [6, 6.07) is 0. The molecule has 0 heterocycles. The first-order chi connectivity index (χ1) is 6.11. The molecule has 0 aromatic heterocycles. The first-order valence-corrected chi connectivity index (χ1v) is 5.80. The Morgan fingerprint density at radius 1 is 1.13 bits per heavy atom. The Morgan fingerprint density at radius 3 is 1.93 bits per heavy atom. The SMILES string of the molecule is [CH2-]C(C1CC1[CH-]C(C)(C)C)C(C)(C)C.[Y]. The van der Waals surface area contributed by atoms with Crippen molar-refractivity contribution in [2.75, 3.05) is 0 Å². The Hall–Kier alpha value is 1.10. The van der Waals surface area contributed by atoms with E-state index < -0.39 is 0 Å². The van der Waals surface area contributed by atoms with Crippen LogP contribution in [-0.4, -0.2) is 0 Å². The molecule has 0 nitrogen and oxygen atoms in total. The van der Waals surface area contributed by atoms with Crippen LogP contribution in [0.25, 0.3) is 0 Å². The summed E-state index contributed by atoms with van der Waals surface area (Å²) in [6.07, 6.45) is 3.88. The fraction of sp³-hybridized carbons (Fsp3) is 0.857. The smallest absolute Gasteiger partial charge is 0 e. The van der Waals surface area contributed by atoms with Gasteiger partial charge in [0.25, 0.3) is 0 Å². The van der Waals surface area contributed by atoms with Gasteiger partial charge in [0.05, 0.1) is 0 Å². The van der Waals surface area contributed by atoms with Gasteiger partial charge in [-0.15, -0.1) is 0 Å². The maximum atomic E-state index is 4.33. The molecule has 3 unspecified atom stereocenters. The minimum absolute atomic E-state index is 0. The van der Waals surface area contributed by atoms with Crippen LogP contribution in [0, 0.1) is 41.9 Å². The summed E-state index contributed by atoms with van der Waals surface area (Å²) in [4.78, 5) is 0. The van der Waals surface area contributed by atoms with E-state index in [1.165, 1.54) is 6.42 Å². The van der Waals surface area contributed by atoms with E-state index in [9.17, 15) is 0 Å². The van der Waals surface area contributed by atoms with Gasteiger partial charge in [-0.2, -0.15) is 17.3 Å². The van der Waals surface area contributed by atoms with Crippen LogP contribution < -0.4 is 0 Å². The predicted octanol–water partition coefficient (Wildman–Crippen LogP) is 4.37. The quantitative estimate of drug-likeness (QED) is 0.660. The monoisotopic (exact) mass is 283 g/mol. The van der Waals surface area contributed by atoms with Gasteiger partial charge in [0.15, 0.2) is 0 Å². The average molecular weight is 283 g/mol. The van der Waals surface area contributed by atoms with Gasteiger partial charge in [0, 0.05) is 32.7 Å². The normalized spacial score (nSPS) is 28.2. The molecule has 1 saturated carbocycles. The van der Waals surface area contributed by atoms with Crippen molar-refractivity contribution in [2.45, 2.75) is 48.0 Å². The van der Waals surface area contributed by atoms with E-state index >= 15 is 0 Å². The Bertz CT molecular complexity index is 194. The van der Waals surface area contributed by atoms with Crippen LogP contribution in [0.3, 0.4) is 0 Å². The van der Waals surface area contributed by atoms with E-state index in [-0.39, 0.29) is 32.7 Å². The zero-order valence-electron chi connectivity index (χ0n) is 11.3. The predicted molar refractivity (Wildman–Crippen MR) is 63.7 cm³/mol. The van der Waals surface area contributed by atoms with Crippen LogP contribution in [-0.2, 0) is 32.7 Å². The summed E-state index contributed by atoms with van der Waals surface area (Å²) in [5, 5.41) is 0. The van der Waals surface area contributed by atoms with E-state index in [4.69, 9.17) is 0 Å². The molecule has 0 spiro atoms. The molecule has 0 aromatic rings. The second-order valence-electron chi connectivity index (χ2n) is 7.07. The standard InChI is InChI=1S/C14H26.Y/c1-10(14(5,6)7)12-8-11(12)9-13(2,3)4;/h9-12H,1,8H2,2-7H3;/q-2;. The first kappa shape index (κ1) is 16.1. The molecular weight excluding hydrogens is 257 g/mol. The fourth-order valence-corrected chi connectivity index (χ4v) is 2.17. The summed E-state index contributed by atoms with van der Waals surface area (Å²) in [5.74, 6) is 2.28. The topological polar surface area (TPSA) is 0 Å². The van der Waals surface area contributed by atoms with Crippen molar-refractivity contribution in [1.29, 1.82) is 0 Å². The summed E-state index contributed by atoms with van der Waals surface area (Å²) >= 11 is 0. The molecule has 1 aliphatic rings. The van der Waals surface area contributed by atoms with Crippen molar-refractivity contribution in [3.63, 3.8) is 0 Å². The van der Waals surface area contributed by atoms with Gasteiger partial charge in [-0.3, -0.25) is 0 Å². The van der Waals surface area contributed by atoms with Crippen LogP contribution in [0.1, 0.15) is 48.0 Å². The van der Waals surface area contributed by atoms with Crippen molar-refractivity contribution in [2.24, 2.45) is 28.6 Å². The summed E-state index contributed by atoms with van der Waals surface area (Å²) in [6.45, 7) is 18.1. The van der Waals surface area contributed by atoms with Crippen LogP contribution >= 0.6 is 0 Å². The van der Waals surface area contributed by atoms with E-state index in [1.807, 2.05) is 0 Å². The van der Waals surface area contributed by atoms with E-state index in [1.54, 1.807) is 0 Å². The molecule has 87 valence electrons. The van der Waals surface area contributed by atoms with Crippen molar-refractivity contribution in [1.82, 2.24) is 0 Å². The summed E-state index contributed by atoms with van der Waals surface area (Å²) in [7, 11) is 0. The summed E-state index contributed by atoms with van der Waals surface area (Å²) < 4.78 is 0. The molecule has 0 N–H and O–H groups in total. The van der Waals surface area contributed by atoms with E-state index in [2.05, 4.69) is 54.9 Å². The van der Waals surface area contributed by atoms with Gasteiger partial charge in [0.2, 0.25) is 0 Å². The van der Waals surface area contributed by atoms with Gasteiger partial charge >= 0.3 is 0 Å². The van der Waals surface area contributed by atoms with Crippen LogP contribution in [0.5, 0.6) is 0 Å². The number of rotatable bonds is 2. The Kier molecular flexibility index (Phi) is 5.55. The second-order valence-corrected chi connectivity index (χ2v) is 7.07. The fourth-order valence-electron chi connectivity index (χ4n) is 2.17.